The molecule has 0 aromatic heterocycles. The molecule has 3 nitrogen and oxygen atoms in total. The zero-order valence-corrected chi connectivity index (χ0v) is 10.3. The Bertz CT molecular complexity index is 222. The number of nitrogens with one attached hydrogen (secondary N) is 1. The normalized spacial score (nSPS) is 32.5. The van der Waals surface area contributed by atoms with E-state index in [1.54, 1.807) is 13.8 Å². The molecule has 88 valence electrons. The van der Waals surface area contributed by atoms with Gasteiger partial charge in [0.2, 0.25) is 5.91 Å². The molecule has 1 aliphatic rings. The molecule has 1 rings (SSSR count). The first-order valence-corrected chi connectivity index (χ1v) is 5.89. The average molecular weight is 212 g/mol. The second-order valence-corrected chi connectivity index (χ2v) is 5.81. The van der Waals surface area contributed by atoms with Crippen molar-refractivity contribution in [1.82, 2.24) is 5.32 Å². The molecule has 0 radical (unpaired) electrons. The molecular weight excluding hydrogens is 188 g/mol. The Labute approximate surface area is 92.8 Å². The Kier molecular flexibility index (Phi) is 3.77. The molecule has 0 aliphatic heterocycles. The quantitative estimate of drug-likeness (QED) is 0.731. The van der Waals surface area contributed by atoms with Gasteiger partial charge in [-0.15, -0.1) is 0 Å². The first kappa shape index (κ1) is 12.5. The van der Waals surface area contributed by atoms with Crippen LogP contribution in [0.2, 0.25) is 0 Å². The summed E-state index contributed by atoms with van der Waals surface area (Å²) < 4.78 is 0. The molecular formula is C12H24N2O. The zero-order chi connectivity index (χ0) is 11.6. The molecule has 0 aromatic rings. The molecule has 3 heteroatoms. The van der Waals surface area contributed by atoms with Gasteiger partial charge in [-0.1, -0.05) is 13.8 Å². The first-order valence-electron chi connectivity index (χ1n) is 5.89. The summed E-state index contributed by atoms with van der Waals surface area (Å²) >= 11 is 0. The van der Waals surface area contributed by atoms with Crippen molar-refractivity contribution < 1.29 is 4.79 Å². The first-order chi connectivity index (χ1) is 6.79. The van der Waals surface area contributed by atoms with Gasteiger partial charge >= 0.3 is 0 Å². The molecule has 1 saturated carbocycles. The van der Waals surface area contributed by atoms with Gasteiger partial charge < -0.3 is 11.1 Å². The van der Waals surface area contributed by atoms with Crippen LogP contribution in [0.1, 0.15) is 47.0 Å². The van der Waals surface area contributed by atoms with Crippen LogP contribution in [0.5, 0.6) is 0 Å². The van der Waals surface area contributed by atoms with Crippen molar-refractivity contribution in [3.63, 3.8) is 0 Å². The molecule has 15 heavy (non-hydrogen) atoms. The largest absolute Gasteiger partial charge is 0.352 e. The third kappa shape index (κ3) is 3.82. The number of hydrogen-bond donors (Lipinski definition) is 2. The molecule has 0 saturated heterocycles. The Balaban J connectivity index is 2.48. The van der Waals surface area contributed by atoms with Crippen LogP contribution in [0.15, 0.2) is 0 Å². The highest BCUT2D eigenvalue weighted by Crippen LogP contribution is 2.28. The summed E-state index contributed by atoms with van der Waals surface area (Å²) in [7, 11) is 0. The molecule has 1 amide bonds. The van der Waals surface area contributed by atoms with E-state index in [0.717, 1.165) is 12.8 Å². The Morgan fingerprint density at radius 1 is 1.20 bits per heavy atom. The third-order valence-corrected chi connectivity index (χ3v) is 3.10. The molecule has 0 spiro atoms. The van der Waals surface area contributed by atoms with Crippen molar-refractivity contribution in [2.24, 2.45) is 17.6 Å². The van der Waals surface area contributed by atoms with Crippen molar-refractivity contribution in [3.05, 3.63) is 0 Å². The van der Waals surface area contributed by atoms with E-state index in [2.05, 4.69) is 19.2 Å². The predicted molar refractivity (Wildman–Crippen MR) is 62.4 cm³/mol. The summed E-state index contributed by atoms with van der Waals surface area (Å²) in [6.45, 7) is 8.00. The summed E-state index contributed by atoms with van der Waals surface area (Å²) in [5.74, 6) is 1.38. The van der Waals surface area contributed by atoms with Gasteiger partial charge in [0.15, 0.2) is 0 Å². The minimum atomic E-state index is -0.760. The van der Waals surface area contributed by atoms with E-state index in [1.807, 2.05) is 0 Å². The van der Waals surface area contributed by atoms with Crippen molar-refractivity contribution in [2.45, 2.75) is 58.5 Å². The highest BCUT2D eigenvalue weighted by Gasteiger charge is 2.29. The minimum Gasteiger partial charge on any atom is -0.352 e. The molecule has 0 bridgehead atoms. The molecule has 2 unspecified atom stereocenters. The monoisotopic (exact) mass is 212 g/mol. The van der Waals surface area contributed by atoms with Gasteiger partial charge in [0.1, 0.15) is 0 Å². The fourth-order valence-corrected chi connectivity index (χ4v) is 2.44. The van der Waals surface area contributed by atoms with Crippen LogP contribution in [-0.4, -0.2) is 17.5 Å². The predicted octanol–water partition coefficient (Wildman–Crippen LogP) is 1.66. The second kappa shape index (κ2) is 4.52. The molecule has 1 aliphatic carbocycles. The smallest absolute Gasteiger partial charge is 0.239 e. The highest BCUT2D eigenvalue weighted by molar-refractivity contribution is 5.85. The van der Waals surface area contributed by atoms with Gasteiger partial charge in [0.25, 0.3) is 0 Å². The van der Waals surface area contributed by atoms with E-state index in [1.165, 1.54) is 6.42 Å². The molecule has 0 aromatic carbocycles. The van der Waals surface area contributed by atoms with Gasteiger partial charge in [-0.2, -0.15) is 0 Å². The topological polar surface area (TPSA) is 55.1 Å². The maximum absolute atomic E-state index is 11.7. The SMILES string of the molecule is CC1CC(C)CC(NC(=O)C(C)(C)N)C1. The van der Waals surface area contributed by atoms with E-state index in [9.17, 15) is 4.79 Å². The van der Waals surface area contributed by atoms with Gasteiger partial charge in [-0.05, 0) is 44.9 Å². The fraction of sp³-hybridized carbons (Fsp3) is 0.917. The summed E-state index contributed by atoms with van der Waals surface area (Å²) in [4.78, 5) is 11.7. The van der Waals surface area contributed by atoms with Gasteiger partial charge in [-0.25, -0.2) is 0 Å². The third-order valence-electron chi connectivity index (χ3n) is 3.10. The van der Waals surface area contributed by atoms with Gasteiger partial charge in [0, 0.05) is 6.04 Å². The van der Waals surface area contributed by atoms with Crippen LogP contribution in [-0.2, 0) is 4.79 Å². The fourth-order valence-electron chi connectivity index (χ4n) is 2.44. The average Bonchev–Trinajstić information content (AvgIpc) is 1.99. The number of rotatable bonds is 2. The van der Waals surface area contributed by atoms with Crippen LogP contribution < -0.4 is 11.1 Å². The zero-order valence-electron chi connectivity index (χ0n) is 10.3. The van der Waals surface area contributed by atoms with Gasteiger partial charge in [-0.3, -0.25) is 4.79 Å². The maximum atomic E-state index is 11.7. The van der Waals surface area contributed by atoms with Crippen LogP contribution in [0.3, 0.4) is 0 Å². The molecule has 1 fully saturated rings. The number of amides is 1. The van der Waals surface area contributed by atoms with Crippen molar-refractivity contribution in [2.75, 3.05) is 0 Å². The standard InChI is InChI=1S/C12H24N2O/c1-8-5-9(2)7-10(6-8)14-11(15)12(3,4)13/h8-10H,5-7,13H2,1-4H3,(H,14,15). The van der Waals surface area contributed by atoms with Crippen LogP contribution in [0, 0.1) is 11.8 Å². The Hall–Kier alpha value is -0.570. The minimum absolute atomic E-state index is 0.0335. The summed E-state index contributed by atoms with van der Waals surface area (Å²) in [5.41, 5.74) is 4.99. The highest BCUT2D eigenvalue weighted by atomic mass is 16.2. The number of hydrogen-bond acceptors (Lipinski definition) is 2. The molecule has 2 atom stereocenters. The summed E-state index contributed by atoms with van der Waals surface area (Å²) in [5, 5.41) is 3.06. The maximum Gasteiger partial charge on any atom is 0.239 e. The Morgan fingerprint density at radius 3 is 2.07 bits per heavy atom. The van der Waals surface area contributed by atoms with E-state index in [0.29, 0.717) is 17.9 Å². The number of nitrogens with two attached hydrogens (primary N) is 1. The van der Waals surface area contributed by atoms with E-state index >= 15 is 0 Å². The van der Waals surface area contributed by atoms with E-state index in [4.69, 9.17) is 5.73 Å². The Morgan fingerprint density at radius 2 is 1.67 bits per heavy atom. The van der Waals surface area contributed by atoms with Gasteiger partial charge in [0.05, 0.1) is 5.54 Å². The summed E-state index contributed by atoms with van der Waals surface area (Å²) in [6.07, 6.45) is 3.46. The van der Waals surface area contributed by atoms with Crippen LogP contribution in [0.4, 0.5) is 0 Å². The summed E-state index contributed by atoms with van der Waals surface area (Å²) in [6, 6.07) is 0.319. The van der Waals surface area contributed by atoms with Crippen molar-refractivity contribution in [3.8, 4) is 0 Å². The molecule has 3 N–H and O–H groups in total. The van der Waals surface area contributed by atoms with Crippen LogP contribution in [0.25, 0.3) is 0 Å². The molecule has 0 heterocycles. The van der Waals surface area contributed by atoms with Crippen molar-refractivity contribution >= 4 is 5.91 Å². The number of carbonyl (C=O) groups is 1. The lowest BCUT2D eigenvalue weighted by molar-refractivity contribution is -0.126. The number of carbonyl (C=O) groups excluding carboxylic acids is 1. The lowest BCUT2D eigenvalue weighted by Crippen LogP contribution is -2.53. The van der Waals surface area contributed by atoms with Crippen molar-refractivity contribution in [1.29, 1.82) is 0 Å². The van der Waals surface area contributed by atoms with E-state index < -0.39 is 5.54 Å². The lowest BCUT2D eigenvalue weighted by Gasteiger charge is -2.33. The lowest BCUT2D eigenvalue weighted by atomic mass is 9.80. The van der Waals surface area contributed by atoms with E-state index in [-0.39, 0.29) is 5.91 Å². The van der Waals surface area contributed by atoms with Crippen LogP contribution >= 0.6 is 0 Å². The second-order valence-electron chi connectivity index (χ2n) is 5.81.